The third kappa shape index (κ3) is 5.15. The highest BCUT2D eigenvalue weighted by Crippen LogP contribution is 2.33. The fraction of sp³-hybridized carbons (Fsp3) is 0.500. The van der Waals surface area contributed by atoms with E-state index >= 15 is 0 Å². The van der Waals surface area contributed by atoms with Gasteiger partial charge in [-0.15, -0.1) is 0 Å². The number of piperidine rings is 1. The molecule has 1 atom stereocenters. The van der Waals surface area contributed by atoms with Gasteiger partial charge < -0.3 is 24.1 Å². The van der Waals surface area contributed by atoms with Crippen molar-refractivity contribution in [2.75, 3.05) is 39.2 Å². The zero-order valence-corrected chi connectivity index (χ0v) is 21.8. The molecular weight excluding hydrogens is 474 g/mol. The maximum Gasteiger partial charge on any atom is 0.341 e. The summed E-state index contributed by atoms with van der Waals surface area (Å²) in [5, 5.41) is 2.85. The minimum atomic E-state index is -4.06. The van der Waals surface area contributed by atoms with Crippen molar-refractivity contribution in [3.63, 3.8) is 0 Å². The number of aromatic nitrogens is 1. The molecule has 0 bridgehead atoms. The molecule has 1 saturated heterocycles. The third-order valence-electron chi connectivity index (χ3n) is 6.42. The molecule has 11 heteroatoms. The molecule has 0 unspecified atom stereocenters. The first kappa shape index (κ1) is 26.6. The molecule has 1 aromatic carbocycles. The van der Waals surface area contributed by atoms with E-state index in [1.54, 1.807) is 50.6 Å². The van der Waals surface area contributed by atoms with Gasteiger partial charge in [0.1, 0.15) is 22.0 Å². The van der Waals surface area contributed by atoms with Crippen LogP contribution in [-0.2, 0) is 26.6 Å². The zero-order chi connectivity index (χ0) is 25.9. The van der Waals surface area contributed by atoms with Crippen LogP contribution in [0.1, 0.15) is 41.5 Å². The van der Waals surface area contributed by atoms with Gasteiger partial charge in [-0.3, -0.25) is 4.79 Å². The molecule has 1 aromatic heterocycles. The summed E-state index contributed by atoms with van der Waals surface area (Å²) in [7, 11) is 0.676. The van der Waals surface area contributed by atoms with E-state index in [4.69, 9.17) is 14.2 Å². The highest BCUT2D eigenvalue weighted by atomic mass is 32.2. The third-order valence-corrected chi connectivity index (χ3v) is 8.45. The number of carbonyl (C=O) groups excluding carboxylic acids is 2. The molecule has 1 N–H and O–H groups in total. The summed E-state index contributed by atoms with van der Waals surface area (Å²) in [6.07, 6.45) is 1.05. The number of nitrogens with one attached hydrogen (secondary N) is 1. The normalized spacial score (nSPS) is 16.6. The zero-order valence-electron chi connectivity index (χ0n) is 21.0. The Balaban J connectivity index is 1.87. The van der Waals surface area contributed by atoms with E-state index in [1.165, 1.54) is 18.5 Å². The second kappa shape index (κ2) is 10.7. The predicted octanol–water partition coefficient (Wildman–Crippen LogP) is 2.88. The molecule has 0 spiro atoms. The number of hydrogen-bond acceptors (Lipinski definition) is 7. The maximum absolute atomic E-state index is 13.7. The molecule has 1 aliphatic rings. The summed E-state index contributed by atoms with van der Waals surface area (Å²) in [5.74, 6) is -0.528. The maximum atomic E-state index is 13.7. The average Bonchev–Trinajstić information content (AvgIpc) is 3.08. The number of carbonyl (C=O) groups is 2. The van der Waals surface area contributed by atoms with E-state index in [1.807, 2.05) is 0 Å². The lowest BCUT2D eigenvalue weighted by atomic mass is 9.98. The molecule has 0 radical (unpaired) electrons. The van der Waals surface area contributed by atoms with Gasteiger partial charge in [-0.25, -0.2) is 13.2 Å². The Bertz CT molecular complexity index is 1220. The van der Waals surface area contributed by atoms with Crippen molar-refractivity contribution in [1.29, 1.82) is 0 Å². The quantitative estimate of drug-likeness (QED) is 0.546. The van der Waals surface area contributed by atoms with E-state index in [0.717, 1.165) is 0 Å². The fourth-order valence-corrected chi connectivity index (χ4v) is 6.32. The van der Waals surface area contributed by atoms with Crippen LogP contribution in [0.15, 0.2) is 23.1 Å². The Kier molecular flexibility index (Phi) is 8.11. The van der Waals surface area contributed by atoms with Crippen LogP contribution < -0.4 is 14.8 Å². The van der Waals surface area contributed by atoms with Crippen molar-refractivity contribution in [3.8, 4) is 11.5 Å². The number of ether oxygens (including phenoxy) is 3. The van der Waals surface area contributed by atoms with Crippen LogP contribution in [0.3, 0.4) is 0 Å². The molecule has 0 aliphatic carbocycles. The first-order chi connectivity index (χ1) is 16.6. The van der Waals surface area contributed by atoms with Crippen molar-refractivity contribution in [1.82, 2.24) is 8.87 Å². The van der Waals surface area contributed by atoms with E-state index in [9.17, 15) is 18.0 Å². The van der Waals surface area contributed by atoms with Crippen molar-refractivity contribution in [2.24, 2.45) is 13.0 Å². The first-order valence-corrected chi connectivity index (χ1v) is 12.9. The summed E-state index contributed by atoms with van der Waals surface area (Å²) in [5.41, 5.74) is 1.47. The van der Waals surface area contributed by atoms with Crippen molar-refractivity contribution in [2.45, 2.75) is 38.5 Å². The summed E-state index contributed by atoms with van der Waals surface area (Å²) in [4.78, 5) is 25.7. The standard InChI is InChI=1S/C24H33N3O7S/c1-7-34-24(29)21-15(2)26(4)16(3)22(21)35(30,31)27-12-8-9-17(14-27)23(28)25-19-11-10-18(32-5)13-20(19)33-6/h10-11,13,17H,7-9,12,14H2,1-6H3,(H,25,28)/t17-/m0/s1. The number of sulfonamides is 1. The summed E-state index contributed by atoms with van der Waals surface area (Å²) in [6.45, 7) is 5.41. The van der Waals surface area contributed by atoms with Gasteiger partial charge >= 0.3 is 5.97 Å². The first-order valence-electron chi connectivity index (χ1n) is 11.4. The second-order valence-electron chi connectivity index (χ2n) is 8.41. The SMILES string of the molecule is CCOC(=O)c1c(S(=O)(=O)N2CCC[C@H](C(=O)Nc3ccc(OC)cc3OC)C2)c(C)n(C)c1C. The molecule has 192 valence electrons. The minimum Gasteiger partial charge on any atom is -0.497 e. The Morgan fingerprint density at radius 2 is 1.86 bits per heavy atom. The Morgan fingerprint density at radius 3 is 2.49 bits per heavy atom. The van der Waals surface area contributed by atoms with Gasteiger partial charge in [0, 0.05) is 37.6 Å². The lowest BCUT2D eigenvalue weighted by molar-refractivity contribution is -0.120. The van der Waals surface area contributed by atoms with Gasteiger partial charge in [0.25, 0.3) is 0 Å². The van der Waals surface area contributed by atoms with Crippen LogP contribution in [0.4, 0.5) is 5.69 Å². The Hall–Kier alpha value is -3.05. The van der Waals surface area contributed by atoms with Crippen LogP contribution in [-0.4, -0.2) is 63.1 Å². The van der Waals surface area contributed by atoms with E-state index < -0.39 is 21.9 Å². The summed E-state index contributed by atoms with van der Waals surface area (Å²) in [6, 6.07) is 5.03. The van der Waals surface area contributed by atoms with E-state index in [2.05, 4.69) is 5.32 Å². The molecule has 3 rings (SSSR count). The van der Waals surface area contributed by atoms with Crippen molar-refractivity contribution < 1.29 is 32.2 Å². The molecule has 10 nitrogen and oxygen atoms in total. The number of anilines is 1. The van der Waals surface area contributed by atoms with Crippen LogP contribution in [0.5, 0.6) is 11.5 Å². The molecular formula is C24H33N3O7S. The molecule has 1 amide bonds. The lowest BCUT2D eigenvalue weighted by Crippen LogP contribution is -2.44. The van der Waals surface area contributed by atoms with Crippen LogP contribution >= 0.6 is 0 Å². The van der Waals surface area contributed by atoms with Crippen LogP contribution in [0.25, 0.3) is 0 Å². The van der Waals surface area contributed by atoms with Crippen molar-refractivity contribution in [3.05, 3.63) is 35.2 Å². The number of benzene rings is 1. The Labute approximate surface area is 206 Å². The predicted molar refractivity (Wildman–Crippen MR) is 131 cm³/mol. The molecule has 1 fully saturated rings. The smallest absolute Gasteiger partial charge is 0.341 e. The van der Waals surface area contributed by atoms with Gasteiger partial charge in [-0.05, 0) is 45.7 Å². The molecule has 35 heavy (non-hydrogen) atoms. The van der Waals surface area contributed by atoms with Crippen LogP contribution in [0, 0.1) is 19.8 Å². The number of nitrogens with zero attached hydrogens (tertiary/aromatic N) is 2. The van der Waals surface area contributed by atoms with E-state index in [0.29, 0.717) is 41.4 Å². The van der Waals surface area contributed by atoms with E-state index in [-0.39, 0.29) is 36.1 Å². The Morgan fingerprint density at radius 1 is 1.14 bits per heavy atom. The second-order valence-corrected chi connectivity index (χ2v) is 10.3. The lowest BCUT2D eigenvalue weighted by Gasteiger charge is -2.31. The minimum absolute atomic E-state index is 0.00227. The number of rotatable bonds is 8. The number of methoxy groups -OCH3 is 2. The van der Waals surface area contributed by atoms with Gasteiger partial charge in [0.2, 0.25) is 15.9 Å². The molecule has 2 aromatic rings. The summed E-state index contributed by atoms with van der Waals surface area (Å²) < 4.78 is 46.1. The topological polar surface area (TPSA) is 116 Å². The fourth-order valence-electron chi connectivity index (χ4n) is 4.32. The number of hydrogen-bond donors (Lipinski definition) is 1. The van der Waals surface area contributed by atoms with Gasteiger partial charge in [0.15, 0.2) is 0 Å². The van der Waals surface area contributed by atoms with Crippen molar-refractivity contribution >= 4 is 27.6 Å². The highest BCUT2D eigenvalue weighted by Gasteiger charge is 2.39. The summed E-state index contributed by atoms with van der Waals surface area (Å²) >= 11 is 0. The van der Waals surface area contributed by atoms with Gasteiger partial charge in [-0.2, -0.15) is 4.31 Å². The number of esters is 1. The number of amides is 1. The van der Waals surface area contributed by atoms with Gasteiger partial charge in [-0.1, -0.05) is 0 Å². The monoisotopic (exact) mass is 507 g/mol. The molecule has 0 saturated carbocycles. The molecule has 1 aliphatic heterocycles. The van der Waals surface area contributed by atoms with Crippen LogP contribution in [0.2, 0.25) is 0 Å². The average molecular weight is 508 g/mol. The highest BCUT2D eigenvalue weighted by molar-refractivity contribution is 7.89. The van der Waals surface area contributed by atoms with Gasteiger partial charge in [0.05, 0.1) is 32.4 Å². The largest absolute Gasteiger partial charge is 0.497 e. The molecule has 2 heterocycles.